The van der Waals surface area contributed by atoms with E-state index in [0.29, 0.717) is 6.42 Å². The summed E-state index contributed by atoms with van der Waals surface area (Å²) in [5.41, 5.74) is 0.730. The molecule has 4 N–H and O–H groups in total. The first-order valence-corrected chi connectivity index (χ1v) is 14.9. The normalized spacial score (nSPS) is 14.0. The van der Waals surface area contributed by atoms with Crippen LogP contribution in [0.15, 0.2) is 30.3 Å². The molecule has 0 bridgehead atoms. The Hall–Kier alpha value is -4.56. The smallest absolute Gasteiger partial charge is 0.408 e. The number of ketones is 1. The van der Waals surface area contributed by atoms with Crippen LogP contribution in [0.4, 0.5) is 9.18 Å². The number of carbonyl (C=O) groups excluding carboxylic acids is 7. The minimum absolute atomic E-state index is 0.0419. The molecule has 5 atom stereocenters. The fourth-order valence-electron chi connectivity index (χ4n) is 4.13. The van der Waals surface area contributed by atoms with Gasteiger partial charge in [-0.25, -0.2) is 9.18 Å². The number of alkyl carbamates (subject to hydrolysis) is 1. The van der Waals surface area contributed by atoms with Crippen LogP contribution in [-0.2, 0) is 49.6 Å². The lowest BCUT2D eigenvalue weighted by Crippen LogP contribution is -2.59. The van der Waals surface area contributed by atoms with Crippen LogP contribution in [0.1, 0.15) is 58.9 Å². The summed E-state index contributed by atoms with van der Waals surface area (Å²) >= 11 is 0. The zero-order chi connectivity index (χ0) is 34.8. The van der Waals surface area contributed by atoms with Crippen molar-refractivity contribution in [3.63, 3.8) is 0 Å². The number of hydrogen-bond donors (Lipinski definition) is 4. The van der Waals surface area contributed by atoms with E-state index in [9.17, 15) is 38.0 Å². The van der Waals surface area contributed by atoms with Crippen LogP contribution in [0.5, 0.6) is 0 Å². The van der Waals surface area contributed by atoms with E-state index < -0.39 is 90.6 Å². The molecule has 14 nitrogen and oxygen atoms in total. The van der Waals surface area contributed by atoms with Gasteiger partial charge in [-0.3, -0.25) is 28.8 Å². The van der Waals surface area contributed by atoms with Gasteiger partial charge < -0.3 is 35.5 Å². The Balaban J connectivity index is 3.15. The highest BCUT2D eigenvalue weighted by molar-refractivity contribution is 5.97. The number of carbonyl (C=O) groups is 7. The predicted octanol–water partition coefficient (Wildman–Crippen LogP) is 1.49. The molecule has 0 aromatic heterocycles. The molecule has 0 unspecified atom stereocenters. The second-order valence-corrected chi connectivity index (χ2v) is 10.9. The minimum atomic E-state index is -1.54. The number of benzene rings is 1. The van der Waals surface area contributed by atoms with Crippen LogP contribution in [0, 0.1) is 11.8 Å². The van der Waals surface area contributed by atoms with E-state index in [-0.39, 0.29) is 19.4 Å². The Morgan fingerprint density at radius 1 is 0.761 bits per heavy atom. The van der Waals surface area contributed by atoms with Gasteiger partial charge in [0.15, 0.2) is 5.78 Å². The molecule has 0 aliphatic rings. The van der Waals surface area contributed by atoms with Crippen LogP contribution in [0.2, 0.25) is 0 Å². The van der Waals surface area contributed by atoms with Gasteiger partial charge in [0.2, 0.25) is 17.7 Å². The molecule has 0 fully saturated rings. The first-order chi connectivity index (χ1) is 21.8. The molecular formula is C31H45FN4O10. The van der Waals surface area contributed by atoms with Gasteiger partial charge in [-0.15, -0.1) is 0 Å². The van der Waals surface area contributed by atoms with Crippen molar-refractivity contribution in [3.8, 4) is 0 Å². The SMILES string of the molecule is CC[C@H](C)[C@H](NC(=O)[C@H](CCC(=O)OC)NC(=O)[C@@H](NC(=O)OCc1ccccc1)C(C)C)C(=O)N[C@@H](CC(=O)OC)C(=O)CF. The molecular weight excluding hydrogens is 607 g/mol. The molecule has 0 saturated carbocycles. The minimum Gasteiger partial charge on any atom is -0.469 e. The van der Waals surface area contributed by atoms with Gasteiger partial charge in [0.05, 0.1) is 20.6 Å². The largest absolute Gasteiger partial charge is 0.469 e. The van der Waals surface area contributed by atoms with Crippen LogP contribution >= 0.6 is 0 Å². The third-order valence-electron chi connectivity index (χ3n) is 7.16. The zero-order valence-electron chi connectivity index (χ0n) is 27.1. The zero-order valence-corrected chi connectivity index (χ0v) is 27.1. The van der Waals surface area contributed by atoms with Crippen molar-refractivity contribution in [2.75, 3.05) is 20.9 Å². The molecule has 0 aliphatic carbocycles. The third kappa shape index (κ3) is 13.6. The number of methoxy groups -OCH3 is 2. The van der Waals surface area contributed by atoms with Crippen LogP contribution in [0.25, 0.3) is 0 Å². The van der Waals surface area contributed by atoms with Crippen molar-refractivity contribution in [3.05, 3.63) is 35.9 Å². The lowest BCUT2D eigenvalue weighted by atomic mass is 9.96. The van der Waals surface area contributed by atoms with E-state index in [2.05, 4.69) is 30.7 Å². The molecule has 0 saturated heterocycles. The number of nitrogens with one attached hydrogen (secondary N) is 4. The number of ether oxygens (including phenoxy) is 3. The number of Topliss-reactive ketones (excluding diaryl/α,β-unsaturated/α-hetero) is 1. The third-order valence-corrected chi connectivity index (χ3v) is 7.16. The standard InChI is InChI=1S/C31H45FN4O10/c1-7-19(4)27(30(42)34-22(23(37)16-32)15-25(39)45-6)35-28(40)21(13-14-24(38)44-5)33-29(41)26(18(2)3)36-31(43)46-17-20-11-9-8-10-12-20/h8-12,18-19,21-22,26-27H,7,13-17H2,1-6H3,(H,33,41)(H,34,42)(H,35,40)(H,36,43)/t19-,21-,22-,26-,27-/m0/s1. The van der Waals surface area contributed by atoms with Crippen molar-refractivity contribution < 1.29 is 52.2 Å². The maximum atomic E-state index is 13.5. The van der Waals surface area contributed by atoms with Gasteiger partial charge in [0, 0.05) is 6.42 Å². The average Bonchev–Trinajstić information content (AvgIpc) is 3.05. The van der Waals surface area contributed by atoms with E-state index in [1.807, 2.05) is 6.07 Å². The number of esters is 2. The fourth-order valence-corrected chi connectivity index (χ4v) is 4.13. The van der Waals surface area contributed by atoms with Crippen molar-refractivity contribution >= 4 is 41.5 Å². The van der Waals surface area contributed by atoms with E-state index >= 15 is 0 Å². The Kier molecular flexibility index (Phi) is 17.6. The lowest BCUT2D eigenvalue weighted by Gasteiger charge is -2.29. The van der Waals surface area contributed by atoms with E-state index in [4.69, 9.17) is 4.74 Å². The summed E-state index contributed by atoms with van der Waals surface area (Å²) in [5.74, 6) is -6.05. The van der Waals surface area contributed by atoms with Gasteiger partial charge in [0.1, 0.15) is 37.4 Å². The molecule has 1 aromatic rings. The molecule has 1 aromatic carbocycles. The van der Waals surface area contributed by atoms with E-state index in [1.165, 1.54) is 0 Å². The topological polar surface area (TPSA) is 195 Å². The maximum Gasteiger partial charge on any atom is 0.408 e. The highest BCUT2D eigenvalue weighted by atomic mass is 19.1. The van der Waals surface area contributed by atoms with Gasteiger partial charge in [-0.2, -0.15) is 0 Å². The molecule has 4 amide bonds. The molecule has 15 heteroatoms. The van der Waals surface area contributed by atoms with E-state index in [0.717, 1.165) is 19.8 Å². The van der Waals surface area contributed by atoms with Crippen LogP contribution in [-0.4, -0.2) is 86.6 Å². The summed E-state index contributed by atoms with van der Waals surface area (Å²) in [6, 6.07) is 3.55. The number of rotatable bonds is 19. The summed E-state index contributed by atoms with van der Waals surface area (Å²) in [5, 5.41) is 9.87. The van der Waals surface area contributed by atoms with Crippen molar-refractivity contribution in [2.45, 2.75) is 84.2 Å². The Morgan fingerprint density at radius 3 is 1.89 bits per heavy atom. The number of halogens is 1. The fraction of sp³-hybridized carbons (Fsp3) is 0.581. The Bertz CT molecular complexity index is 1200. The molecule has 0 spiro atoms. The predicted molar refractivity (Wildman–Crippen MR) is 163 cm³/mol. The van der Waals surface area contributed by atoms with Crippen LogP contribution < -0.4 is 21.3 Å². The number of alkyl halides is 1. The van der Waals surface area contributed by atoms with Gasteiger partial charge in [-0.05, 0) is 23.8 Å². The quantitative estimate of drug-likeness (QED) is 0.126. The summed E-state index contributed by atoms with van der Waals surface area (Å²) < 4.78 is 27.6. The first kappa shape index (κ1) is 39.5. The van der Waals surface area contributed by atoms with Crippen molar-refractivity contribution in [1.82, 2.24) is 21.3 Å². The maximum absolute atomic E-state index is 13.5. The van der Waals surface area contributed by atoms with Gasteiger partial charge in [-0.1, -0.05) is 64.4 Å². The summed E-state index contributed by atoms with van der Waals surface area (Å²) in [7, 11) is 2.22. The number of hydrogen-bond acceptors (Lipinski definition) is 10. The molecule has 0 heterocycles. The molecule has 46 heavy (non-hydrogen) atoms. The first-order valence-electron chi connectivity index (χ1n) is 14.9. The van der Waals surface area contributed by atoms with Crippen LogP contribution in [0.3, 0.4) is 0 Å². The molecule has 256 valence electrons. The Morgan fingerprint density at radius 2 is 1.35 bits per heavy atom. The van der Waals surface area contributed by atoms with Crippen molar-refractivity contribution in [1.29, 1.82) is 0 Å². The summed E-state index contributed by atoms with van der Waals surface area (Å²) in [6.07, 6.45) is -1.62. The molecule has 0 radical (unpaired) electrons. The lowest BCUT2D eigenvalue weighted by molar-refractivity contribution is -0.144. The van der Waals surface area contributed by atoms with E-state index in [1.54, 1.807) is 52.0 Å². The molecule has 0 aliphatic heterocycles. The second-order valence-electron chi connectivity index (χ2n) is 10.9. The van der Waals surface area contributed by atoms with Gasteiger partial charge >= 0.3 is 18.0 Å². The average molecular weight is 653 g/mol. The second kappa shape index (κ2) is 20.5. The highest BCUT2D eigenvalue weighted by Crippen LogP contribution is 2.12. The Labute approximate surface area is 267 Å². The highest BCUT2D eigenvalue weighted by Gasteiger charge is 2.35. The van der Waals surface area contributed by atoms with Gasteiger partial charge in [0.25, 0.3) is 0 Å². The monoisotopic (exact) mass is 652 g/mol. The summed E-state index contributed by atoms with van der Waals surface area (Å²) in [4.78, 5) is 88.4. The van der Waals surface area contributed by atoms with Crippen molar-refractivity contribution in [2.24, 2.45) is 11.8 Å². The number of amides is 4. The summed E-state index contributed by atoms with van der Waals surface area (Å²) in [6.45, 7) is 5.21. The molecule has 1 rings (SSSR count).